The Morgan fingerprint density at radius 1 is 0.794 bits per heavy atom. The van der Waals surface area contributed by atoms with Gasteiger partial charge in [-0.3, -0.25) is 0 Å². The highest BCUT2D eigenvalue weighted by Crippen LogP contribution is 2.25. The number of esters is 1. The van der Waals surface area contributed by atoms with E-state index in [1.165, 1.54) is 0 Å². The van der Waals surface area contributed by atoms with Crippen LogP contribution >= 0.6 is 15.9 Å². The fourth-order valence-electron chi connectivity index (χ4n) is 3.77. The molecule has 5 aromatic rings. The molecule has 0 bridgehead atoms. The number of para-hydroxylation sites is 2. The Morgan fingerprint density at radius 3 is 2.12 bits per heavy atom. The van der Waals surface area contributed by atoms with Gasteiger partial charge in [0.1, 0.15) is 11.6 Å². The molecule has 5 rings (SSSR count). The Kier molecular flexibility index (Phi) is 6.36. The van der Waals surface area contributed by atoms with Gasteiger partial charge in [0, 0.05) is 22.7 Å². The van der Waals surface area contributed by atoms with E-state index in [1.807, 2.05) is 84.9 Å². The van der Waals surface area contributed by atoms with E-state index in [0.717, 1.165) is 26.6 Å². The van der Waals surface area contributed by atoms with Gasteiger partial charge in [-0.25, -0.2) is 9.78 Å². The first-order valence-corrected chi connectivity index (χ1v) is 11.7. The van der Waals surface area contributed by atoms with E-state index in [-0.39, 0.29) is 0 Å². The molecule has 0 aliphatic rings. The van der Waals surface area contributed by atoms with Crippen molar-refractivity contribution in [3.63, 3.8) is 0 Å². The molecule has 166 valence electrons. The summed E-state index contributed by atoms with van der Waals surface area (Å²) in [5.41, 5.74) is 4.33. The van der Waals surface area contributed by atoms with E-state index >= 15 is 0 Å². The summed E-state index contributed by atoms with van der Waals surface area (Å²) in [7, 11) is 0. The van der Waals surface area contributed by atoms with E-state index in [2.05, 4.69) is 38.7 Å². The average molecular weight is 509 g/mol. The number of halogens is 1. The van der Waals surface area contributed by atoms with Gasteiger partial charge in [0.15, 0.2) is 0 Å². The lowest BCUT2D eigenvalue weighted by molar-refractivity contribution is 0.0693. The van der Waals surface area contributed by atoms with E-state index in [9.17, 15) is 4.79 Å². The average Bonchev–Trinajstić information content (AvgIpc) is 3.22. The van der Waals surface area contributed by atoms with Gasteiger partial charge in [-0.1, -0.05) is 88.7 Å². The van der Waals surface area contributed by atoms with Crippen molar-refractivity contribution in [1.29, 1.82) is 0 Å². The van der Waals surface area contributed by atoms with Crippen molar-refractivity contribution in [2.75, 3.05) is 0 Å². The Bertz CT molecular complexity index is 1460. The van der Waals surface area contributed by atoms with Crippen LogP contribution in [0.3, 0.4) is 0 Å². The molecule has 0 spiro atoms. The molecule has 0 saturated carbocycles. The third-order valence-electron chi connectivity index (χ3n) is 5.47. The zero-order chi connectivity index (χ0) is 23.3. The predicted octanol–water partition coefficient (Wildman–Crippen LogP) is 7.20. The summed E-state index contributed by atoms with van der Waals surface area (Å²) in [6, 6.07) is 34.9. The van der Waals surface area contributed by atoms with Crippen LogP contribution in [0.5, 0.6) is 0 Å². The van der Waals surface area contributed by atoms with Crippen LogP contribution < -0.4 is 0 Å². The molecule has 0 aliphatic heterocycles. The maximum absolute atomic E-state index is 12.9. The number of hydrogen-bond donors (Lipinski definition) is 0. The first kappa shape index (κ1) is 21.9. The highest BCUT2D eigenvalue weighted by molar-refractivity contribution is 9.10. The summed E-state index contributed by atoms with van der Waals surface area (Å²) in [5, 5.41) is 0. The molecule has 0 amide bonds. The lowest BCUT2D eigenvalue weighted by atomic mass is 10.1. The molecule has 0 aliphatic carbocycles. The van der Waals surface area contributed by atoms with Gasteiger partial charge in [0.2, 0.25) is 0 Å². The zero-order valence-electron chi connectivity index (χ0n) is 18.3. The number of fused-ring (bicyclic) bond motifs is 1. The van der Waals surface area contributed by atoms with Crippen molar-refractivity contribution in [2.24, 2.45) is 0 Å². The van der Waals surface area contributed by atoms with Crippen LogP contribution in [0.1, 0.15) is 27.3 Å². The topological polar surface area (TPSA) is 44.1 Å². The van der Waals surface area contributed by atoms with Crippen molar-refractivity contribution in [3.05, 3.63) is 136 Å². The van der Waals surface area contributed by atoms with Crippen molar-refractivity contribution < 1.29 is 9.53 Å². The SMILES string of the molecule is O=C(OC(=Cc1nc2ccccc2n1Cc1ccc(Br)cc1)c1ccccc1)c1ccccc1. The molecule has 5 heteroatoms. The number of imidazole rings is 1. The van der Waals surface area contributed by atoms with Crippen LogP contribution in [0.25, 0.3) is 22.9 Å². The number of rotatable bonds is 6. The minimum absolute atomic E-state index is 0.411. The van der Waals surface area contributed by atoms with E-state index in [1.54, 1.807) is 12.1 Å². The van der Waals surface area contributed by atoms with Crippen molar-refractivity contribution >= 4 is 44.8 Å². The fourth-order valence-corrected chi connectivity index (χ4v) is 4.03. The number of carbonyl (C=O) groups excluding carboxylic acids is 1. The number of nitrogens with zero attached hydrogens (tertiary/aromatic N) is 2. The van der Waals surface area contributed by atoms with Crippen LogP contribution in [0.4, 0.5) is 0 Å². The summed E-state index contributed by atoms with van der Waals surface area (Å²) in [4.78, 5) is 17.8. The van der Waals surface area contributed by atoms with Crippen LogP contribution in [-0.2, 0) is 11.3 Å². The highest BCUT2D eigenvalue weighted by atomic mass is 79.9. The molecule has 0 atom stereocenters. The molecule has 1 aromatic heterocycles. The number of ether oxygens (including phenoxy) is 1. The molecule has 0 radical (unpaired) electrons. The first-order valence-electron chi connectivity index (χ1n) is 10.9. The standard InChI is InChI=1S/C29H21BrN2O2/c30-24-17-15-21(16-18-24)20-32-26-14-8-7-13-25(26)31-28(32)19-27(22-9-3-1-4-10-22)34-29(33)23-11-5-2-6-12-23/h1-19H,20H2. The van der Waals surface area contributed by atoms with Crippen molar-refractivity contribution in [3.8, 4) is 0 Å². The molecule has 0 N–H and O–H groups in total. The molecule has 34 heavy (non-hydrogen) atoms. The number of aromatic nitrogens is 2. The maximum atomic E-state index is 12.9. The van der Waals surface area contributed by atoms with E-state index in [0.29, 0.717) is 23.7 Å². The third-order valence-corrected chi connectivity index (χ3v) is 6.00. The summed E-state index contributed by atoms with van der Waals surface area (Å²) in [6.45, 7) is 0.633. The van der Waals surface area contributed by atoms with Gasteiger partial charge in [-0.05, 0) is 42.0 Å². The minimum atomic E-state index is -0.411. The Hall–Kier alpha value is -3.96. The van der Waals surface area contributed by atoms with Gasteiger partial charge in [0.25, 0.3) is 0 Å². The van der Waals surface area contributed by atoms with E-state index < -0.39 is 5.97 Å². The first-order chi connectivity index (χ1) is 16.7. The second kappa shape index (κ2) is 9.89. The Morgan fingerprint density at radius 2 is 1.41 bits per heavy atom. The monoisotopic (exact) mass is 508 g/mol. The minimum Gasteiger partial charge on any atom is -0.422 e. The highest BCUT2D eigenvalue weighted by Gasteiger charge is 2.15. The van der Waals surface area contributed by atoms with Crippen molar-refractivity contribution in [1.82, 2.24) is 9.55 Å². The van der Waals surface area contributed by atoms with Crippen LogP contribution in [0.2, 0.25) is 0 Å². The maximum Gasteiger partial charge on any atom is 0.343 e. The molecule has 0 saturated heterocycles. The van der Waals surface area contributed by atoms with Gasteiger partial charge < -0.3 is 9.30 Å². The normalized spacial score (nSPS) is 11.5. The molecule has 4 nitrogen and oxygen atoms in total. The predicted molar refractivity (Wildman–Crippen MR) is 139 cm³/mol. The zero-order valence-corrected chi connectivity index (χ0v) is 19.9. The van der Waals surface area contributed by atoms with Gasteiger partial charge in [-0.2, -0.15) is 0 Å². The summed E-state index contributed by atoms with van der Waals surface area (Å²) in [6.07, 6.45) is 1.84. The fraction of sp³-hybridized carbons (Fsp3) is 0.0345. The van der Waals surface area contributed by atoms with Gasteiger partial charge in [0.05, 0.1) is 16.6 Å². The van der Waals surface area contributed by atoms with Crippen molar-refractivity contribution in [2.45, 2.75) is 6.54 Å². The quantitative estimate of drug-likeness (QED) is 0.180. The summed E-state index contributed by atoms with van der Waals surface area (Å²) in [5.74, 6) is 0.747. The number of carbonyl (C=O) groups is 1. The number of hydrogen-bond acceptors (Lipinski definition) is 3. The van der Waals surface area contributed by atoms with Gasteiger partial charge in [-0.15, -0.1) is 0 Å². The van der Waals surface area contributed by atoms with E-state index in [4.69, 9.17) is 9.72 Å². The Labute approximate surface area is 206 Å². The lowest BCUT2D eigenvalue weighted by Gasteiger charge is -2.11. The smallest absolute Gasteiger partial charge is 0.343 e. The number of benzene rings is 4. The summed E-state index contributed by atoms with van der Waals surface area (Å²) >= 11 is 3.50. The summed E-state index contributed by atoms with van der Waals surface area (Å²) < 4.78 is 9.08. The molecule has 1 heterocycles. The second-order valence-corrected chi connectivity index (χ2v) is 8.72. The Balaban J connectivity index is 1.60. The molecule has 4 aromatic carbocycles. The van der Waals surface area contributed by atoms with Gasteiger partial charge >= 0.3 is 5.97 Å². The molecule has 0 fully saturated rings. The largest absolute Gasteiger partial charge is 0.422 e. The van der Waals surface area contributed by atoms with Crippen LogP contribution in [-0.4, -0.2) is 15.5 Å². The second-order valence-electron chi connectivity index (χ2n) is 7.80. The van der Waals surface area contributed by atoms with Crippen LogP contribution in [0.15, 0.2) is 114 Å². The van der Waals surface area contributed by atoms with Crippen LogP contribution in [0, 0.1) is 0 Å². The molecular weight excluding hydrogens is 488 g/mol. The molecular formula is C29H21BrN2O2. The lowest BCUT2D eigenvalue weighted by Crippen LogP contribution is -2.06. The third kappa shape index (κ3) is 4.85. The molecule has 0 unspecified atom stereocenters.